The molecule has 1 aromatic carbocycles. The molecule has 1 N–H and O–H groups in total. The number of methoxy groups -OCH3 is 1. The largest absolute Gasteiger partial charge is 0.496 e. The van der Waals surface area contributed by atoms with E-state index in [2.05, 4.69) is 38.2 Å². The Kier molecular flexibility index (Phi) is 3.32. The van der Waals surface area contributed by atoms with Gasteiger partial charge in [-0.15, -0.1) is 0 Å². The number of hydrogen-bond donors (Lipinski definition) is 1. The van der Waals surface area contributed by atoms with Crippen molar-refractivity contribution in [1.29, 1.82) is 0 Å². The van der Waals surface area contributed by atoms with E-state index in [9.17, 15) is 0 Å². The lowest BCUT2D eigenvalue weighted by Crippen LogP contribution is -2.44. The fourth-order valence-electron chi connectivity index (χ4n) is 4.59. The maximum Gasteiger partial charge on any atom is 0.123 e. The summed E-state index contributed by atoms with van der Waals surface area (Å²) < 4.78 is 5.45. The van der Waals surface area contributed by atoms with Gasteiger partial charge in [0, 0.05) is 18.2 Å². The lowest BCUT2D eigenvalue weighted by Gasteiger charge is -2.39. The molecule has 0 amide bonds. The van der Waals surface area contributed by atoms with Crippen molar-refractivity contribution in [3.05, 3.63) is 29.8 Å². The molecule has 2 aliphatic rings. The Bertz CT molecular complexity index is 496. The minimum atomic E-state index is 0.444. The smallest absolute Gasteiger partial charge is 0.123 e. The second-order valence-corrected chi connectivity index (χ2v) is 7.36. The summed E-state index contributed by atoms with van der Waals surface area (Å²) in [4.78, 5) is 0. The highest BCUT2D eigenvalue weighted by atomic mass is 16.5. The van der Waals surface area contributed by atoms with Gasteiger partial charge in [-0.25, -0.2) is 0 Å². The molecule has 2 fully saturated rings. The predicted octanol–water partition coefficient (Wildman–Crippen LogP) is 4.00. The van der Waals surface area contributed by atoms with E-state index >= 15 is 0 Å². The van der Waals surface area contributed by atoms with E-state index in [4.69, 9.17) is 4.74 Å². The summed E-state index contributed by atoms with van der Waals surface area (Å²) in [6, 6.07) is 8.97. The van der Waals surface area contributed by atoms with Crippen LogP contribution in [0.5, 0.6) is 5.75 Å². The SMILES string of the molecule is COc1ccccc1CNC1CC2CCC1(C)C2(C)C. The van der Waals surface area contributed by atoms with Gasteiger partial charge in [0.2, 0.25) is 0 Å². The average molecular weight is 273 g/mol. The molecule has 3 unspecified atom stereocenters. The minimum Gasteiger partial charge on any atom is -0.496 e. The highest BCUT2D eigenvalue weighted by Crippen LogP contribution is 2.65. The van der Waals surface area contributed by atoms with Crippen molar-refractivity contribution in [2.24, 2.45) is 16.7 Å². The number of fused-ring (bicyclic) bond motifs is 2. The van der Waals surface area contributed by atoms with Crippen molar-refractivity contribution in [2.75, 3.05) is 7.11 Å². The highest BCUT2D eigenvalue weighted by Gasteiger charge is 2.60. The standard InChI is InChI=1S/C18H27NO/c1-17(2)14-9-10-18(17,3)16(11-14)19-12-13-7-5-6-8-15(13)20-4/h5-8,14,16,19H,9-12H2,1-4H3. The van der Waals surface area contributed by atoms with E-state index in [1.807, 2.05) is 12.1 Å². The van der Waals surface area contributed by atoms with E-state index in [1.165, 1.54) is 24.8 Å². The van der Waals surface area contributed by atoms with Crippen molar-refractivity contribution >= 4 is 0 Å². The predicted molar refractivity (Wildman–Crippen MR) is 82.9 cm³/mol. The summed E-state index contributed by atoms with van der Waals surface area (Å²) in [5.74, 6) is 1.88. The number of rotatable bonds is 4. The Morgan fingerprint density at radius 1 is 1.25 bits per heavy atom. The topological polar surface area (TPSA) is 21.3 Å². The van der Waals surface area contributed by atoms with E-state index in [0.717, 1.165) is 18.2 Å². The molecule has 0 aliphatic heterocycles. The lowest BCUT2D eigenvalue weighted by molar-refractivity contribution is 0.120. The third-order valence-electron chi connectivity index (χ3n) is 6.53. The van der Waals surface area contributed by atoms with Crippen molar-refractivity contribution in [1.82, 2.24) is 5.32 Å². The molecule has 2 heteroatoms. The lowest BCUT2D eigenvalue weighted by atomic mass is 9.69. The first-order valence-electron chi connectivity index (χ1n) is 7.84. The molecule has 0 aromatic heterocycles. The number of ether oxygens (including phenoxy) is 1. The van der Waals surface area contributed by atoms with Gasteiger partial charge in [-0.1, -0.05) is 39.0 Å². The van der Waals surface area contributed by atoms with Crippen LogP contribution in [-0.2, 0) is 6.54 Å². The highest BCUT2D eigenvalue weighted by molar-refractivity contribution is 5.33. The van der Waals surface area contributed by atoms with Crippen LogP contribution in [0.3, 0.4) is 0 Å². The van der Waals surface area contributed by atoms with Crippen LogP contribution in [0.4, 0.5) is 0 Å². The monoisotopic (exact) mass is 273 g/mol. The average Bonchev–Trinajstić information content (AvgIpc) is 2.78. The molecule has 2 saturated carbocycles. The first-order valence-corrected chi connectivity index (χ1v) is 7.84. The Morgan fingerprint density at radius 2 is 2.00 bits per heavy atom. The maximum absolute atomic E-state index is 5.45. The molecule has 110 valence electrons. The van der Waals surface area contributed by atoms with Crippen LogP contribution in [0.2, 0.25) is 0 Å². The second kappa shape index (κ2) is 4.77. The summed E-state index contributed by atoms with van der Waals surface area (Å²) in [5, 5.41) is 3.82. The third-order valence-corrected chi connectivity index (χ3v) is 6.53. The minimum absolute atomic E-state index is 0.444. The van der Waals surface area contributed by atoms with Gasteiger partial charge in [0.1, 0.15) is 5.75 Å². The van der Waals surface area contributed by atoms with Gasteiger partial charge in [-0.3, -0.25) is 0 Å². The first kappa shape index (κ1) is 13.9. The normalized spacial score (nSPS) is 34.4. The molecule has 0 heterocycles. The summed E-state index contributed by atoms with van der Waals surface area (Å²) in [5.41, 5.74) is 2.18. The van der Waals surface area contributed by atoms with Gasteiger partial charge in [-0.05, 0) is 42.1 Å². The zero-order chi connectivity index (χ0) is 14.4. The van der Waals surface area contributed by atoms with Crippen LogP contribution in [0.15, 0.2) is 24.3 Å². The van der Waals surface area contributed by atoms with Crippen molar-refractivity contribution in [3.8, 4) is 5.75 Å². The molecule has 2 bridgehead atoms. The van der Waals surface area contributed by atoms with E-state index in [-0.39, 0.29) is 0 Å². The number of para-hydroxylation sites is 1. The molecular formula is C18H27NO. The maximum atomic E-state index is 5.45. The van der Waals surface area contributed by atoms with E-state index in [0.29, 0.717) is 16.9 Å². The molecule has 0 saturated heterocycles. The van der Waals surface area contributed by atoms with Crippen LogP contribution in [-0.4, -0.2) is 13.2 Å². The summed E-state index contributed by atoms with van der Waals surface area (Å²) >= 11 is 0. The third kappa shape index (κ3) is 1.88. The van der Waals surface area contributed by atoms with Crippen LogP contribution >= 0.6 is 0 Å². The molecular weight excluding hydrogens is 246 g/mol. The molecule has 1 aromatic rings. The van der Waals surface area contributed by atoms with Gasteiger partial charge >= 0.3 is 0 Å². The molecule has 0 spiro atoms. The van der Waals surface area contributed by atoms with E-state index < -0.39 is 0 Å². The van der Waals surface area contributed by atoms with Crippen LogP contribution in [0.25, 0.3) is 0 Å². The molecule has 20 heavy (non-hydrogen) atoms. The summed E-state index contributed by atoms with van der Waals surface area (Å²) in [6.45, 7) is 8.33. The second-order valence-electron chi connectivity index (χ2n) is 7.36. The van der Waals surface area contributed by atoms with Crippen LogP contribution < -0.4 is 10.1 Å². The van der Waals surface area contributed by atoms with Crippen molar-refractivity contribution in [2.45, 2.75) is 52.6 Å². The number of nitrogens with one attached hydrogen (secondary N) is 1. The Labute approximate surface area is 122 Å². The first-order chi connectivity index (χ1) is 9.49. The molecule has 2 aliphatic carbocycles. The molecule has 2 nitrogen and oxygen atoms in total. The van der Waals surface area contributed by atoms with Gasteiger partial charge in [0.15, 0.2) is 0 Å². The van der Waals surface area contributed by atoms with Crippen LogP contribution in [0.1, 0.15) is 45.6 Å². The molecule has 3 atom stereocenters. The van der Waals surface area contributed by atoms with Crippen molar-refractivity contribution < 1.29 is 4.74 Å². The summed E-state index contributed by atoms with van der Waals surface area (Å²) in [7, 11) is 1.75. The quantitative estimate of drug-likeness (QED) is 0.895. The van der Waals surface area contributed by atoms with Gasteiger partial charge < -0.3 is 10.1 Å². The number of hydrogen-bond acceptors (Lipinski definition) is 2. The zero-order valence-corrected chi connectivity index (χ0v) is 13.2. The van der Waals surface area contributed by atoms with Crippen molar-refractivity contribution in [3.63, 3.8) is 0 Å². The summed E-state index contributed by atoms with van der Waals surface area (Å²) in [6.07, 6.45) is 4.11. The Hall–Kier alpha value is -1.02. The van der Waals surface area contributed by atoms with Gasteiger partial charge in [-0.2, -0.15) is 0 Å². The Morgan fingerprint density at radius 3 is 2.60 bits per heavy atom. The van der Waals surface area contributed by atoms with Gasteiger partial charge in [0.05, 0.1) is 7.11 Å². The Balaban J connectivity index is 1.71. The van der Waals surface area contributed by atoms with E-state index in [1.54, 1.807) is 7.11 Å². The fraction of sp³-hybridized carbons (Fsp3) is 0.667. The zero-order valence-electron chi connectivity index (χ0n) is 13.2. The van der Waals surface area contributed by atoms with Gasteiger partial charge in [0.25, 0.3) is 0 Å². The fourth-order valence-corrected chi connectivity index (χ4v) is 4.59. The van der Waals surface area contributed by atoms with Crippen LogP contribution in [0, 0.1) is 16.7 Å². The molecule has 0 radical (unpaired) electrons. The number of benzene rings is 1. The molecule has 3 rings (SSSR count).